The molecule has 10 heteroatoms. The van der Waals surface area contributed by atoms with Crippen LogP contribution in [0.5, 0.6) is 11.5 Å². The Kier molecular flexibility index (Phi) is 9.30. The molecule has 1 saturated heterocycles. The van der Waals surface area contributed by atoms with Crippen molar-refractivity contribution in [2.24, 2.45) is 5.92 Å². The zero-order valence-corrected chi connectivity index (χ0v) is 23.2. The summed E-state index contributed by atoms with van der Waals surface area (Å²) in [4.78, 5) is 28.9. The van der Waals surface area contributed by atoms with Gasteiger partial charge in [0, 0.05) is 37.3 Å². The van der Waals surface area contributed by atoms with E-state index in [1.165, 1.54) is 20.0 Å². The minimum atomic E-state index is -1.12. The second-order valence-electron chi connectivity index (χ2n) is 11.4. The van der Waals surface area contributed by atoms with Crippen molar-refractivity contribution in [1.82, 2.24) is 10.2 Å². The van der Waals surface area contributed by atoms with E-state index in [0.29, 0.717) is 53.7 Å². The van der Waals surface area contributed by atoms with Crippen molar-refractivity contribution < 1.29 is 39.1 Å². The molecule has 2 aliphatic carbocycles. The van der Waals surface area contributed by atoms with E-state index in [2.05, 4.69) is 5.32 Å². The average molecular weight is 559 g/mol. The number of nitrogens with zero attached hydrogens (tertiary/aromatic N) is 1. The lowest BCUT2D eigenvalue weighted by atomic mass is 9.77. The summed E-state index contributed by atoms with van der Waals surface area (Å²) in [7, 11) is 1.50. The molecule has 4 aliphatic rings. The maximum atomic E-state index is 13.8. The fourth-order valence-corrected chi connectivity index (χ4v) is 6.79. The molecule has 2 aliphatic heterocycles. The van der Waals surface area contributed by atoms with Gasteiger partial charge >= 0.3 is 0 Å². The summed E-state index contributed by atoms with van der Waals surface area (Å²) in [6.07, 6.45) is 7.24. The molecule has 40 heavy (non-hydrogen) atoms. The van der Waals surface area contributed by atoms with Crippen LogP contribution in [0.25, 0.3) is 0 Å². The van der Waals surface area contributed by atoms with E-state index in [9.17, 15) is 24.9 Å². The number of fused-ring (bicyclic) bond motifs is 3. The summed E-state index contributed by atoms with van der Waals surface area (Å²) in [5.74, 6) is 0.254. The third kappa shape index (κ3) is 5.86. The van der Waals surface area contributed by atoms with Gasteiger partial charge in [0.1, 0.15) is 12.2 Å². The van der Waals surface area contributed by atoms with Crippen LogP contribution in [0.1, 0.15) is 68.4 Å². The van der Waals surface area contributed by atoms with Crippen molar-refractivity contribution in [1.29, 1.82) is 0 Å². The number of nitrogens with one attached hydrogen (secondary N) is 1. The molecular weight excluding hydrogens is 516 g/mol. The number of ether oxygens (including phenoxy) is 3. The fraction of sp³-hybridized carbons (Fsp3) is 0.667. The molecule has 2 heterocycles. The van der Waals surface area contributed by atoms with Gasteiger partial charge in [-0.15, -0.1) is 0 Å². The highest BCUT2D eigenvalue weighted by Crippen LogP contribution is 2.51. The Morgan fingerprint density at radius 3 is 2.62 bits per heavy atom. The number of aliphatic hydroxyl groups is 3. The number of carbonyl (C=O) groups is 2. The highest BCUT2D eigenvalue weighted by atomic mass is 16.5. The summed E-state index contributed by atoms with van der Waals surface area (Å²) in [6.45, 7) is 0.582. The van der Waals surface area contributed by atoms with Gasteiger partial charge in [-0.3, -0.25) is 9.59 Å². The van der Waals surface area contributed by atoms with Crippen LogP contribution in [0.3, 0.4) is 0 Å². The van der Waals surface area contributed by atoms with Crippen LogP contribution < -0.4 is 14.8 Å². The molecule has 0 spiro atoms. The fourth-order valence-electron chi connectivity index (χ4n) is 6.79. The smallest absolute Gasteiger partial charge is 0.247 e. The van der Waals surface area contributed by atoms with Gasteiger partial charge in [0.15, 0.2) is 11.5 Å². The summed E-state index contributed by atoms with van der Waals surface area (Å²) in [6, 6.07) is 2.64. The van der Waals surface area contributed by atoms with E-state index in [-0.39, 0.29) is 31.8 Å². The standard InChI is InChI=1S/C30H42N2O8/c1-38-24-14-19(17-34)13-21-26-22(30(37)31-10-11-33)15-23(27(36)29(26)40-28(21)24)32(16-20-7-4-12-39-20)25(35)9-8-18-5-2-3-6-18/h13-15,18,20,23,26-27,29,33-34,36H,2-12,16-17H2,1H3,(H,31,37). The lowest BCUT2D eigenvalue weighted by molar-refractivity contribution is -0.139. The Morgan fingerprint density at radius 2 is 1.95 bits per heavy atom. The van der Waals surface area contributed by atoms with Crippen molar-refractivity contribution >= 4 is 11.8 Å². The van der Waals surface area contributed by atoms with Gasteiger partial charge in [-0.2, -0.15) is 0 Å². The summed E-state index contributed by atoms with van der Waals surface area (Å²) >= 11 is 0. The van der Waals surface area contributed by atoms with Crippen molar-refractivity contribution in [2.45, 2.75) is 88.2 Å². The quantitative estimate of drug-likeness (QED) is 0.323. The first-order valence-electron chi connectivity index (χ1n) is 14.6. The van der Waals surface area contributed by atoms with Gasteiger partial charge < -0.3 is 39.7 Å². The highest BCUT2D eigenvalue weighted by molar-refractivity contribution is 5.96. The Morgan fingerprint density at radius 1 is 1.15 bits per heavy atom. The maximum Gasteiger partial charge on any atom is 0.247 e. The monoisotopic (exact) mass is 558 g/mol. The Balaban J connectivity index is 1.50. The summed E-state index contributed by atoms with van der Waals surface area (Å²) < 4.78 is 17.7. The number of hydrogen-bond donors (Lipinski definition) is 4. The Labute approximate surface area is 235 Å². The molecule has 1 aromatic carbocycles. The molecule has 5 unspecified atom stereocenters. The summed E-state index contributed by atoms with van der Waals surface area (Å²) in [5, 5.41) is 33.7. The van der Waals surface area contributed by atoms with Gasteiger partial charge in [0.2, 0.25) is 11.8 Å². The van der Waals surface area contributed by atoms with Crippen molar-refractivity contribution in [3.8, 4) is 11.5 Å². The van der Waals surface area contributed by atoms with E-state index in [1.54, 1.807) is 23.1 Å². The van der Waals surface area contributed by atoms with Gasteiger partial charge in [0.05, 0.1) is 38.4 Å². The number of methoxy groups -OCH3 is 1. The van der Waals surface area contributed by atoms with E-state index in [0.717, 1.165) is 32.1 Å². The molecule has 5 rings (SSSR count). The zero-order chi connectivity index (χ0) is 28.2. The molecule has 220 valence electrons. The first kappa shape index (κ1) is 28.9. The van der Waals surface area contributed by atoms with Gasteiger partial charge in [0.25, 0.3) is 0 Å². The Bertz CT molecular complexity index is 1100. The van der Waals surface area contributed by atoms with Gasteiger partial charge in [-0.05, 0) is 49.0 Å². The molecule has 0 aromatic heterocycles. The topological polar surface area (TPSA) is 138 Å². The molecule has 1 aromatic rings. The average Bonchev–Trinajstić information content (AvgIpc) is 3.75. The minimum absolute atomic E-state index is 0.0630. The van der Waals surface area contributed by atoms with E-state index in [1.807, 2.05) is 0 Å². The predicted molar refractivity (Wildman–Crippen MR) is 146 cm³/mol. The molecule has 1 saturated carbocycles. The molecule has 4 N–H and O–H groups in total. The second-order valence-corrected chi connectivity index (χ2v) is 11.4. The summed E-state index contributed by atoms with van der Waals surface area (Å²) in [5.41, 5.74) is 1.58. The third-order valence-corrected chi connectivity index (χ3v) is 8.84. The number of benzene rings is 1. The third-order valence-electron chi connectivity index (χ3n) is 8.84. The first-order chi connectivity index (χ1) is 19.4. The maximum absolute atomic E-state index is 13.8. The van der Waals surface area contributed by atoms with E-state index >= 15 is 0 Å². The van der Waals surface area contributed by atoms with Crippen LogP contribution in [0.4, 0.5) is 0 Å². The van der Waals surface area contributed by atoms with Gasteiger partial charge in [-0.1, -0.05) is 25.7 Å². The van der Waals surface area contributed by atoms with Crippen LogP contribution in [-0.2, 0) is 20.9 Å². The van der Waals surface area contributed by atoms with E-state index < -0.39 is 30.1 Å². The predicted octanol–water partition coefficient (Wildman–Crippen LogP) is 1.79. The second kappa shape index (κ2) is 12.9. The molecule has 2 amide bonds. The number of amides is 2. The molecule has 5 atom stereocenters. The van der Waals surface area contributed by atoms with Crippen LogP contribution in [0, 0.1) is 5.92 Å². The molecule has 2 fully saturated rings. The molecule has 10 nitrogen and oxygen atoms in total. The normalized spacial score (nSPS) is 27.5. The zero-order valence-electron chi connectivity index (χ0n) is 23.2. The largest absolute Gasteiger partial charge is 0.493 e. The SMILES string of the molecule is COc1cc(CO)cc2c1OC1C2C(C(=O)NCCO)=CC(N(CC2CCCO2)C(=O)CCC2CCCC2)C1O. The van der Waals surface area contributed by atoms with Crippen molar-refractivity contribution in [3.05, 3.63) is 34.9 Å². The molecule has 0 bridgehead atoms. The van der Waals surface area contributed by atoms with Crippen LogP contribution in [0.2, 0.25) is 0 Å². The molecule has 0 radical (unpaired) electrons. The molecular formula is C30H42N2O8. The van der Waals surface area contributed by atoms with Crippen LogP contribution in [-0.4, -0.2) is 89.8 Å². The number of aliphatic hydroxyl groups excluding tert-OH is 3. The highest BCUT2D eigenvalue weighted by Gasteiger charge is 2.51. The van der Waals surface area contributed by atoms with Gasteiger partial charge in [-0.25, -0.2) is 0 Å². The minimum Gasteiger partial charge on any atom is -0.493 e. The lowest BCUT2D eigenvalue weighted by Crippen LogP contribution is -2.57. The first-order valence-corrected chi connectivity index (χ1v) is 14.6. The van der Waals surface area contributed by atoms with Crippen molar-refractivity contribution in [2.75, 3.05) is 33.4 Å². The Hall–Kier alpha value is -2.66. The number of rotatable bonds is 11. The lowest BCUT2D eigenvalue weighted by Gasteiger charge is -2.41. The van der Waals surface area contributed by atoms with Crippen LogP contribution >= 0.6 is 0 Å². The number of hydrogen-bond acceptors (Lipinski definition) is 8. The van der Waals surface area contributed by atoms with E-state index in [4.69, 9.17) is 14.2 Å². The number of carbonyl (C=O) groups excluding carboxylic acids is 2. The van der Waals surface area contributed by atoms with Crippen molar-refractivity contribution in [3.63, 3.8) is 0 Å². The van der Waals surface area contributed by atoms with Crippen LogP contribution in [0.15, 0.2) is 23.8 Å².